The summed E-state index contributed by atoms with van der Waals surface area (Å²) in [5.74, 6) is -3.21. The van der Waals surface area contributed by atoms with Crippen molar-refractivity contribution >= 4 is 5.96 Å². The smallest absolute Gasteiger partial charge is 0.224 e. The van der Waals surface area contributed by atoms with Crippen LogP contribution in [0.3, 0.4) is 0 Å². The Balaban J connectivity index is 2.06. The van der Waals surface area contributed by atoms with Gasteiger partial charge in [0, 0.05) is 29.6 Å². The fourth-order valence-electron chi connectivity index (χ4n) is 2.32. The molecule has 0 saturated heterocycles. The van der Waals surface area contributed by atoms with Crippen LogP contribution in [0.5, 0.6) is 0 Å². The van der Waals surface area contributed by atoms with E-state index in [0.717, 1.165) is 6.07 Å². The molecule has 25 heavy (non-hydrogen) atoms. The number of hydrogen-bond donors (Lipinski definition) is 0. The van der Waals surface area contributed by atoms with Gasteiger partial charge in [-0.1, -0.05) is 0 Å². The third kappa shape index (κ3) is 3.68. The summed E-state index contributed by atoms with van der Waals surface area (Å²) in [5, 5.41) is 4.07. The monoisotopic (exact) mass is 353 g/mol. The summed E-state index contributed by atoms with van der Waals surface area (Å²) in [4.78, 5) is 7.20. The molecule has 0 bridgehead atoms. The van der Waals surface area contributed by atoms with Crippen LogP contribution in [-0.4, -0.2) is 44.4 Å². The van der Waals surface area contributed by atoms with Gasteiger partial charge in [0.2, 0.25) is 5.96 Å². The predicted molar refractivity (Wildman–Crippen MR) is 88.2 cm³/mol. The first-order valence-corrected chi connectivity index (χ1v) is 7.70. The highest BCUT2D eigenvalue weighted by Crippen LogP contribution is 2.21. The first-order valence-electron chi connectivity index (χ1n) is 8.86. The Kier molecular flexibility index (Phi) is 3.89. The molecule has 2 unspecified atom stereocenters. The summed E-state index contributed by atoms with van der Waals surface area (Å²) in [6.07, 6.45) is 3.09. The molecule has 0 aliphatic carbocycles. The van der Waals surface area contributed by atoms with Crippen LogP contribution in [0.25, 0.3) is 0 Å². The molecule has 1 aromatic heterocycles. The summed E-state index contributed by atoms with van der Waals surface area (Å²) in [6, 6.07) is 2.90. The van der Waals surface area contributed by atoms with Crippen molar-refractivity contribution in [3.05, 3.63) is 53.6 Å². The van der Waals surface area contributed by atoms with Crippen LogP contribution in [0, 0.1) is 17.5 Å². The van der Waals surface area contributed by atoms with E-state index in [4.69, 9.17) is 2.74 Å². The third-order valence-electron chi connectivity index (χ3n) is 3.73. The molecule has 5 nitrogen and oxygen atoms in total. The van der Waals surface area contributed by atoms with Crippen molar-refractivity contribution in [2.24, 2.45) is 4.99 Å². The molecule has 2 aromatic rings. The lowest BCUT2D eigenvalue weighted by molar-refractivity contribution is 0.0721. The summed E-state index contributed by atoms with van der Waals surface area (Å²) >= 11 is 0. The second-order valence-electron chi connectivity index (χ2n) is 6.67. The Morgan fingerprint density at radius 3 is 2.52 bits per heavy atom. The zero-order chi connectivity index (χ0) is 19.9. The van der Waals surface area contributed by atoms with E-state index in [2.05, 4.69) is 10.1 Å². The Morgan fingerprint density at radius 2 is 1.88 bits per heavy atom. The van der Waals surface area contributed by atoms with Gasteiger partial charge in [-0.3, -0.25) is 4.90 Å². The largest absolute Gasteiger partial charge is 0.324 e. The maximum absolute atomic E-state index is 14.2. The van der Waals surface area contributed by atoms with Crippen LogP contribution in [0.4, 0.5) is 13.2 Å². The van der Waals surface area contributed by atoms with Gasteiger partial charge in [-0.2, -0.15) is 5.10 Å². The van der Waals surface area contributed by atoms with Crippen LogP contribution in [0.1, 0.15) is 29.1 Å². The quantitative estimate of drug-likeness (QED) is 0.779. The van der Waals surface area contributed by atoms with E-state index in [0.29, 0.717) is 6.07 Å². The van der Waals surface area contributed by atoms with Gasteiger partial charge in [0.15, 0.2) is 11.6 Å². The van der Waals surface area contributed by atoms with Gasteiger partial charge in [-0.15, -0.1) is 0 Å². The molecule has 1 aliphatic rings. The minimum Gasteiger partial charge on any atom is -0.324 e. The van der Waals surface area contributed by atoms with Crippen molar-refractivity contribution in [2.45, 2.75) is 32.9 Å². The van der Waals surface area contributed by atoms with E-state index < -0.39 is 36.3 Å². The van der Waals surface area contributed by atoms with Gasteiger partial charge in [-0.25, -0.2) is 22.8 Å². The molecule has 3 rings (SSSR count). The predicted octanol–water partition coefficient (Wildman–Crippen LogP) is 3.04. The van der Waals surface area contributed by atoms with E-state index in [1.807, 2.05) is 20.8 Å². The second kappa shape index (κ2) is 6.51. The van der Waals surface area contributed by atoms with Crippen molar-refractivity contribution in [2.75, 3.05) is 13.3 Å². The Morgan fingerprint density at radius 1 is 1.16 bits per heavy atom. The molecule has 0 saturated carbocycles. The van der Waals surface area contributed by atoms with E-state index >= 15 is 0 Å². The van der Waals surface area contributed by atoms with E-state index in [1.165, 1.54) is 20.7 Å². The lowest BCUT2D eigenvalue weighted by Crippen LogP contribution is -2.54. The molecule has 0 amide bonds. The molecule has 2 heterocycles. The molecule has 0 spiro atoms. The molecule has 0 fully saturated rings. The molecule has 2 atom stereocenters. The highest BCUT2D eigenvalue weighted by atomic mass is 19.2. The van der Waals surface area contributed by atoms with Crippen LogP contribution in [0.2, 0.25) is 0 Å². The van der Waals surface area contributed by atoms with E-state index in [9.17, 15) is 13.2 Å². The number of hydrogen-bond acceptors (Lipinski definition) is 4. The summed E-state index contributed by atoms with van der Waals surface area (Å²) in [5.41, 5.74) is -0.702. The summed E-state index contributed by atoms with van der Waals surface area (Å²) < 4.78 is 59.3. The zero-order valence-corrected chi connectivity index (χ0v) is 14.1. The Hall–Kier alpha value is -2.35. The maximum Gasteiger partial charge on any atom is 0.224 e. The summed E-state index contributed by atoms with van der Waals surface area (Å²) in [7, 11) is 0. The van der Waals surface area contributed by atoms with Crippen LogP contribution in [-0.2, 0) is 6.54 Å². The average Bonchev–Trinajstić information content (AvgIpc) is 3.07. The highest BCUT2D eigenvalue weighted by Gasteiger charge is 2.30. The van der Waals surface area contributed by atoms with Gasteiger partial charge in [0.25, 0.3) is 0 Å². The minimum absolute atomic E-state index is 0.122. The van der Waals surface area contributed by atoms with Crippen molar-refractivity contribution in [3.8, 4) is 0 Å². The van der Waals surface area contributed by atoms with Crippen LogP contribution in [0.15, 0.2) is 35.6 Å². The topological polar surface area (TPSA) is 36.7 Å². The number of nitrogens with zero attached hydrogens (tertiary/aromatic N) is 5. The Labute approximate surface area is 147 Å². The first-order chi connectivity index (χ1) is 12.6. The van der Waals surface area contributed by atoms with Gasteiger partial charge < -0.3 is 4.90 Å². The molecule has 8 heteroatoms. The number of rotatable bonds is 2. The van der Waals surface area contributed by atoms with Crippen molar-refractivity contribution < 1.29 is 15.9 Å². The van der Waals surface area contributed by atoms with E-state index in [1.54, 1.807) is 12.3 Å². The lowest BCUT2D eigenvalue weighted by atomic mass is 10.1. The van der Waals surface area contributed by atoms with Gasteiger partial charge in [0.05, 0.1) is 22.6 Å². The van der Waals surface area contributed by atoms with Gasteiger partial charge in [0.1, 0.15) is 5.82 Å². The fourth-order valence-corrected chi connectivity index (χ4v) is 2.32. The maximum atomic E-state index is 14.2. The van der Waals surface area contributed by atoms with Crippen molar-refractivity contribution in [1.82, 2.24) is 19.6 Å². The summed E-state index contributed by atoms with van der Waals surface area (Å²) in [6.45, 7) is 3.08. The normalized spacial score (nSPS) is 23.3. The standard InChI is InChI=1S/C17H20F3N5/c1-17(2,3)24-10-21-16(25-6-4-5-22-25)23(11-24)9-12-7-14(19)15(20)8-13(12)18/h4-8H,9-11H2,1-3H3/i10D,11D. The molecule has 1 aromatic carbocycles. The Bertz CT molecular complexity index is 851. The number of halogens is 3. The highest BCUT2D eigenvalue weighted by molar-refractivity contribution is 5.81. The fraction of sp³-hybridized carbons (Fsp3) is 0.412. The SMILES string of the molecule is [2H]C1N=C(n2cccn2)N(Cc2cc(F)c(F)cc2F)C([2H])N1C(C)(C)C. The van der Waals surface area contributed by atoms with Crippen molar-refractivity contribution in [3.63, 3.8) is 0 Å². The zero-order valence-electron chi connectivity index (χ0n) is 16.1. The molecular formula is C17H20F3N5. The average molecular weight is 353 g/mol. The molecule has 0 N–H and O–H groups in total. The minimum atomic E-state index is -1.28. The van der Waals surface area contributed by atoms with Crippen LogP contribution < -0.4 is 0 Å². The first kappa shape index (κ1) is 14.9. The van der Waals surface area contributed by atoms with Gasteiger partial charge in [-0.05, 0) is 32.9 Å². The molecule has 1 aliphatic heterocycles. The number of benzene rings is 1. The number of aromatic nitrogens is 2. The van der Waals surface area contributed by atoms with Crippen molar-refractivity contribution in [1.29, 1.82) is 0 Å². The second-order valence-corrected chi connectivity index (χ2v) is 6.67. The third-order valence-corrected chi connectivity index (χ3v) is 3.73. The molecule has 0 radical (unpaired) electrons. The van der Waals surface area contributed by atoms with Gasteiger partial charge >= 0.3 is 0 Å². The molecule has 134 valence electrons. The van der Waals surface area contributed by atoms with Crippen LogP contribution >= 0.6 is 0 Å². The lowest BCUT2D eigenvalue weighted by Gasteiger charge is -2.42. The van der Waals surface area contributed by atoms with E-state index in [-0.39, 0.29) is 18.1 Å². The molecular weight excluding hydrogens is 331 g/mol. The number of aliphatic imine (C=N–C) groups is 1.